The Hall–Kier alpha value is -4.05. The summed E-state index contributed by atoms with van der Waals surface area (Å²) < 4.78 is 39.8. The van der Waals surface area contributed by atoms with E-state index < -0.39 is 12.1 Å². The van der Waals surface area contributed by atoms with Crippen LogP contribution in [0.25, 0.3) is 22.4 Å². The lowest BCUT2D eigenvalue weighted by molar-refractivity contribution is -0.192. The number of alkyl halides is 3. The number of carboxylic acids is 1. The van der Waals surface area contributed by atoms with E-state index in [1.54, 1.807) is 0 Å². The third-order valence-corrected chi connectivity index (χ3v) is 6.11. The maximum atomic E-state index is 10.6. The van der Waals surface area contributed by atoms with Crippen LogP contribution < -0.4 is 15.0 Å². The number of benzene rings is 3. The van der Waals surface area contributed by atoms with Gasteiger partial charge in [0, 0.05) is 45.7 Å². The molecule has 0 atom stereocenters. The summed E-state index contributed by atoms with van der Waals surface area (Å²) in [5, 5.41) is 10.7. The second-order valence-corrected chi connectivity index (χ2v) is 9.01. The minimum absolute atomic E-state index is 0.767. The molecule has 1 aliphatic heterocycles. The highest BCUT2D eigenvalue weighted by Gasteiger charge is 2.38. The van der Waals surface area contributed by atoms with E-state index in [1.807, 2.05) is 0 Å². The first-order valence-corrected chi connectivity index (χ1v) is 12.1. The van der Waals surface area contributed by atoms with E-state index in [-0.39, 0.29) is 0 Å². The van der Waals surface area contributed by atoms with Crippen molar-refractivity contribution in [2.75, 3.05) is 32.1 Å². The van der Waals surface area contributed by atoms with Crippen molar-refractivity contribution in [3.63, 3.8) is 0 Å². The lowest BCUT2D eigenvalue weighted by Gasteiger charge is -2.13. The van der Waals surface area contributed by atoms with Crippen LogP contribution in [0.5, 0.6) is 5.75 Å². The smallest absolute Gasteiger partial charge is 0.490 e. The van der Waals surface area contributed by atoms with Crippen LogP contribution in [0.3, 0.4) is 0 Å². The minimum atomic E-state index is -5.08. The van der Waals surface area contributed by atoms with E-state index in [9.17, 15) is 13.2 Å². The number of carboxylic acid groups (broad SMARTS) is 1. The molecule has 0 aliphatic carbocycles. The van der Waals surface area contributed by atoms with Crippen molar-refractivity contribution in [2.45, 2.75) is 25.7 Å². The number of nitrogens with one attached hydrogen (secondary N) is 1. The van der Waals surface area contributed by atoms with Gasteiger partial charge in [0.05, 0.1) is 17.8 Å². The SMILES string of the molecule is CN(C)c1cccc2c1nc(-c1ccc3c(c1)CCO3)n2CCNCc1ccccc1.O=C(O)C(F)(F)F. The Morgan fingerprint density at radius 3 is 2.53 bits per heavy atom. The van der Waals surface area contributed by atoms with Crippen LogP contribution in [0.4, 0.5) is 18.9 Å². The first-order chi connectivity index (χ1) is 18.1. The normalized spacial score (nSPS) is 12.4. The second-order valence-electron chi connectivity index (χ2n) is 9.01. The van der Waals surface area contributed by atoms with Gasteiger partial charge in [0.1, 0.15) is 17.1 Å². The highest BCUT2D eigenvalue weighted by atomic mass is 19.4. The average molecular weight is 527 g/mol. The topological polar surface area (TPSA) is 79.6 Å². The fourth-order valence-electron chi connectivity index (χ4n) is 4.28. The summed E-state index contributed by atoms with van der Waals surface area (Å²) in [5.74, 6) is -0.738. The molecule has 0 saturated heterocycles. The Morgan fingerprint density at radius 1 is 1.11 bits per heavy atom. The van der Waals surface area contributed by atoms with Crippen molar-refractivity contribution in [1.82, 2.24) is 14.9 Å². The number of hydrogen-bond donors (Lipinski definition) is 2. The van der Waals surface area contributed by atoms with Gasteiger partial charge in [-0.1, -0.05) is 36.4 Å². The molecular formula is C28H29F3N4O3. The molecule has 38 heavy (non-hydrogen) atoms. The Bertz CT molecular complexity index is 1400. The summed E-state index contributed by atoms with van der Waals surface area (Å²) >= 11 is 0. The van der Waals surface area contributed by atoms with E-state index >= 15 is 0 Å². The van der Waals surface area contributed by atoms with E-state index in [0.717, 1.165) is 61.0 Å². The van der Waals surface area contributed by atoms with Gasteiger partial charge in [-0.3, -0.25) is 0 Å². The molecule has 7 nitrogen and oxygen atoms in total. The predicted octanol–water partition coefficient (Wildman–Crippen LogP) is 5.13. The van der Waals surface area contributed by atoms with Crippen LogP contribution in [0.1, 0.15) is 11.1 Å². The molecule has 0 bridgehead atoms. The molecule has 0 saturated carbocycles. The summed E-state index contributed by atoms with van der Waals surface area (Å²) in [7, 11) is 4.14. The number of halogens is 3. The number of ether oxygens (including phenoxy) is 1. The third-order valence-electron chi connectivity index (χ3n) is 6.11. The van der Waals surface area contributed by atoms with Crippen LogP contribution in [-0.4, -0.2) is 54.1 Å². The van der Waals surface area contributed by atoms with Crippen molar-refractivity contribution in [1.29, 1.82) is 0 Å². The van der Waals surface area contributed by atoms with Gasteiger partial charge < -0.3 is 24.6 Å². The Kier molecular flexibility index (Phi) is 8.21. The molecule has 0 fully saturated rings. The predicted molar refractivity (Wildman–Crippen MR) is 141 cm³/mol. The number of fused-ring (bicyclic) bond motifs is 2. The van der Waals surface area contributed by atoms with Crippen LogP contribution in [0.2, 0.25) is 0 Å². The molecule has 5 rings (SSSR count). The molecule has 2 N–H and O–H groups in total. The number of imidazole rings is 1. The Labute approximate surface area is 218 Å². The summed E-state index contributed by atoms with van der Waals surface area (Å²) in [5.41, 5.74) is 7.06. The van der Waals surface area contributed by atoms with Gasteiger partial charge in [-0.2, -0.15) is 13.2 Å². The fraction of sp³-hybridized carbons (Fsp3) is 0.286. The number of carbonyl (C=O) groups is 1. The third kappa shape index (κ3) is 6.25. The maximum absolute atomic E-state index is 10.6. The average Bonchev–Trinajstić information content (AvgIpc) is 3.51. The highest BCUT2D eigenvalue weighted by Crippen LogP contribution is 2.34. The van der Waals surface area contributed by atoms with Crippen molar-refractivity contribution in [2.24, 2.45) is 0 Å². The summed E-state index contributed by atoms with van der Waals surface area (Å²) in [6.45, 7) is 3.35. The highest BCUT2D eigenvalue weighted by molar-refractivity contribution is 5.91. The van der Waals surface area contributed by atoms with Crippen LogP contribution in [0.15, 0.2) is 66.7 Å². The number of aromatic nitrogens is 2. The molecule has 200 valence electrons. The van der Waals surface area contributed by atoms with Crippen LogP contribution >= 0.6 is 0 Å². The van der Waals surface area contributed by atoms with E-state index in [0.29, 0.717) is 0 Å². The molecule has 0 spiro atoms. The largest absolute Gasteiger partial charge is 0.493 e. The number of nitrogens with zero attached hydrogens (tertiary/aromatic N) is 3. The lowest BCUT2D eigenvalue weighted by Crippen LogP contribution is -2.21. The summed E-state index contributed by atoms with van der Waals surface area (Å²) in [6, 6.07) is 23.4. The summed E-state index contributed by atoms with van der Waals surface area (Å²) in [6.07, 6.45) is -4.12. The molecule has 10 heteroatoms. The Morgan fingerprint density at radius 2 is 1.84 bits per heavy atom. The number of hydrogen-bond acceptors (Lipinski definition) is 5. The molecular weight excluding hydrogens is 497 g/mol. The molecule has 3 aromatic carbocycles. The molecule has 4 aromatic rings. The Balaban J connectivity index is 0.000000426. The molecule has 2 heterocycles. The molecule has 0 radical (unpaired) electrons. The molecule has 0 amide bonds. The van der Waals surface area contributed by atoms with Crippen LogP contribution in [0, 0.1) is 0 Å². The van der Waals surface area contributed by atoms with Gasteiger partial charge in [0.15, 0.2) is 0 Å². The molecule has 1 aliphatic rings. The van der Waals surface area contributed by atoms with Crippen molar-refractivity contribution in [3.05, 3.63) is 77.9 Å². The number of anilines is 1. The number of rotatable bonds is 7. The van der Waals surface area contributed by atoms with E-state index in [2.05, 4.69) is 95.6 Å². The quantitative estimate of drug-likeness (QED) is 0.325. The lowest BCUT2D eigenvalue weighted by atomic mass is 10.1. The van der Waals surface area contributed by atoms with Crippen molar-refractivity contribution in [3.8, 4) is 17.1 Å². The van der Waals surface area contributed by atoms with Crippen molar-refractivity contribution < 1.29 is 27.8 Å². The standard InChI is InChI=1S/C26H28N4O.C2HF3O2/c1-29(2)22-9-6-10-23-25(22)28-26(21-11-12-24-20(17-21)13-16-31-24)30(23)15-14-27-18-19-7-4-3-5-8-19;3-2(4,5)1(6)7/h3-12,17,27H,13-16,18H2,1-2H3;(H,6,7). The number of para-hydroxylation sites is 1. The van der Waals surface area contributed by atoms with Crippen molar-refractivity contribution >= 4 is 22.7 Å². The fourth-order valence-corrected chi connectivity index (χ4v) is 4.28. The van der Waals surface area contributed by atoms with Gasteiger partial charge >= 0.3 is 12.1 Å². The first kappa shape index (κ1) is 27.0. The van der Waals surface area contributed by atoms with Gasteiger partial charge in [0.2, 0.25) is 0 Å². The second kappa shape index (κ2) is 11.6. The van der Waals surface area contributed by atoms with Gasteiger partial charge in [-0.25, -0.2) is 9.78 Å². The number of aliphatic carboxylic acids is 1. The zero-order chi connectivity index (χ0) is 27.3. The minimum Gasteiger partial charge on any atom is -0.493 e. The zero-order valence-corrected chi connectivity index (χ0v) is 21.1. The van der Waals surface area contributed by atoms with E-state index in [1.165, 1.54) is 16.6 Å². The zero-order valence-electron chi connectivity index (χ0n) is 21.1. The van der Waals surface area contributed by atoms with Gasteiger partial charge in [-0.15, -0.1) is 0 Å². The first-order valence-electron chi connectivity index (χ1n) is 12.1. The van der Waals surface area contributed by atoms with Crippen LogP contribution in [-0.2, 0) is 24.3 Å². The molecule has 0 unspecified atom stereocenters. The maximum Gasteiger partial charge on any atom is 0.490 e. The van der Waals surface area contributed by atoms with E-state index in [4.69, 9.17) is 19.6 Å². The van der Waals surface area contributed by atoms with Gasteiger partial charge in [-0.05, 0) is 41.5 Å². The summed E-state index contributed by atoms with van der Waals surface area (Å²) in [4.78, 5) is 16.1. The van der Waals surface area contributed by atoms with Gasteiger partial charge in [0.25, 0.3) is 0 Å². The monoisotopic (exact) mass is 526 g/mol. The molecule has 1 aromatic heterocycles.